The van der Waals surface area contributed by atoms with Gasteiger partial charge in [-0.1, -0.05) is 12.8 Å². The summed E-state index contributed by atoms with van der Waals surface area (Å²) >= 11 is 0. The number of hydrogen-bond acceptors (Lipinski definition) is 5. The summed E-state index contributed by atoms with van der Waals surface area (Å²) in [7, 11) is 0. The minimum absolute atomic E-state index is 0.0523. The molecule has 1 unspecified atom stereocenters. The number of aromatic amines is 1. The highest BCUT2D eigenvalue weighted by Crippen LogP contribution is 2.31. The van der Waals surface area contributed by atoms with Crippen LogP contribution in [-0.4, -0.2) is 30.6 Å². The van der Waals surface area contributed by atoms with E-state index in [1.807, 2.05) is 13.8 Å². The fourth-order valence-corrected chi connectivity index (χ4v) is 3.77. The van der Waals surface area contributed by atoms with Gasteiger partial charge in [-0.2, -0.15) is 4.98 Å². The molecule has 1 fully saturated rings. The molecule has 1 amide bonds. The summed E-state index contributed by atoms with van der Waals surface area (Å²) < 4.78 is 2.11. The normalized spacial score (nSPS) is 16.0. The van der Waals surface area contributed by atoms with Gasteiger partial charge in [0.25, 0.3) is 0 Å². The third-order valence-electron chi connectivity index (χ3n) is 5.14. The van der Waals surface area contributed by atoms with E-state index in [-0.39, 0.29) is 17.6 Å². The van der Waals surface area contributed by atoms with Gasteiger partial charge in [0, 0.05) is 23.9 Å². The van der Waals surface area contributed by atoms with E-state index < -0.39 is 0 Å². The monoisotopic (exact) mass is 358 g/mol. The number of nitrogens with zero attached hydrogens (tertiary/aromatic N) is 4. The average molecular weight is 358 g/mol. The Balaban J connectivity index is 1.60. The first-order chi connectivity index (χ1) is 12.5. The minimum atomic E-state index is -0.354. The Morgan fingerprint density at radius 1 is 1.38 bits per heavy atom. The van der Waals surface area contributed by atoms with Gasteiger partial charge in [0.05, 0.1) is 6.04 Å². The molecular formula is C18H26N6O2. The van der Waals surface area contributed by atoms with Crippen LogP contribution in [0.5, 0.6) is 0 Å². The van der Waals surface area contributed by atoms with E-state index in [2.05, 4.69) is 30.0 Å². The second-order valence-corrected chi connectivity index (χ2v) is 7.05. The summed E-state index contributed by atoms with van der Waals surface area (Å²) in [5.74, 6) is 0.756. The van der Waals surface area contributed by atoms with Crippen LogP contribution in [0.4, 0.5) is 0 Å². The first-order valence-corrected chi connectivity index (χ1v) is 9.21. The van der Waals surface area contributed by atoms with Crippen molar-refractivity contribution in [3.05, 3.63) is 39.6 Å². The zero-order chi connectivity index (χ0) is 18.7. The van der Waals surface area contributed by atoms with Gasteiger partial charge in [0.1, 0.15) is 6.33 Å². The molecule has 0 spiro atoms. The van der Waals surface area contributed by atoms with Crippen molar-refractivity contribution in [1.29, 1.82) is 0 Å². The van der Waals surface area contributed by atoms with Crippen molar-refractivity contribution in [2.45, 2.75) is 71.4 Å². The third-order valence-corrected chi connectivity index (χ3v) is 5.14. The number of H-pyrrole nitrogens is 1. The molecule has 1 aliphatic rings. The second-order valence-electron chi connectivity index (χ2n) is 7.05. The molecule has 1 saturated carbocycles. The Hall–Kier alpha value is -2.51. The summed E-state index contributed by atoms with van der Waals surface area (Å²) in [6.45, 7) is 5.56. The molecule has 3 rings (SSSR count). The molecule has 2 aromatic heterocycles. The standard InChI is InChI=1S/C18H26N6O2/c1-11-15(12(2)22-18(26)21-11)8-9-16(25)20-13(3)17-23-19-10-24(17)14-6-4-5-7-14/h10,13-14H,4-9H2,1-3H3,(H,20,25)(H,21,22,26). The van der Waals surface area contributed by atoms with Crippen molar-refractivity contribution in [2.24, 2.45) is 0 Å². The molecule has 8 nitrogen and oxygen atoms in total. The fraction of sp³-hybridized carbons (Fsp3) is 0.611. The predicted molar refractivity (Wildman–Crippen MR) is 96.7 cm³/mol. The maximum absolute atomic E-state index is 12.4. The molecule has 0 aromatic carbocycles. The number of aryl methyl sites for hydroxylation is 2. The lowest BCUT2D eigenvalue weighted by Gasteiger charge is -2.19. The van der Waals surface area contributed by atoms with E-state index >= 15 is 0 Å². The number of aromatic nitrogens is 5. The number of amides is 1. The highest BCUT2D eigenvalue weighted by Gasteiger charge is 2.23. The van der Waals surface area contributed by atoms with Crippen LogP contribution < -0.4 is 11.0 Å². The molecule has 8 heteroatoms. The smallest absolute Gasteiger partial charge is 0.345 e. The number of carbonyl (C=O) groups excluding carboxylic acids is 1. The van der Waals surface area contributed by atoms with E-state index in [0.717, 1.165) is 29.9 Å². The Kier molecular flexibility index (Phi) is 5.49. The van der Waals surface area contributed by atoms with Gasteiger partial charge in [0.2, 0.25) is 5.91 Å². The molecule has 2 N–H and O–H groups in total. The van der Waals surface area contributed by atoms with Gasteiger partial charge in [-0.05, 0) is 45.6 Å². The second kappa shape index (κ2) is 7.80. The summed E-state index contributed by atoms with van der Waals surface area (Å²) in [6.07, 6.45) is 7.39. The van der Waals surface area contributed by atoms with Crippen molar-refractivity contribution in [2.75, 3.05) is 0 Å². The van der Waals surface area contributed by atoms with Gasteiger partial charge in [-0.3, -0.25) is 4.79 Å². The quantitative estimate of drug-likeness (QED) is 0.820. The molecule has 0 aliphatic heterocycles. The number of nitrogens with one attached hydrogen (secondary N) is 2. The number of hydrogen-bond donors (Lipinski definition) is 2. The molecule has 26 heavy (non-hydrogen) atoms. The van der Waals surface area contributed by atoms with Crippen LogP contribution in [0.1, 0.15) is 73.9 Å². The molecule has 140 valence electrons. The van der Waals surface area contributed by atoms with Gasteiger partial charge < -0.3 is 14.9 Å². The maximum atomic E-state index is 12.4. The summed E-state index contributed by atoms with van der Waals surface area (Å²) in [4.78, 5) is 30.3. The van der Waals surface area contributed by atoms with E-state index in [9.17, 15) is 9.59 Å². The molecule has 0 radical (unpaired) electrons. The molecule has 2 heterocycles. The lowest BCUT2D eigenvalue weighted by atomic mass is 10.1. The summed E-state index contributed by atoms with van der Waals surface area (Å²) in [5, 5.41) is 11.3. The van der Waals surface area contributed by atoms with Gasteiger partial charge in [0.15, 0.2) is 5.82 Å². The average Bonchev–Trinajstić information content (AvgIpc) is 3.24. The van der Waals surface area contributed by atoms with Crippen molar-refractivity contribution in [1.82, 2.24) is 30.0 Å². The summed E-state index contributed by atoms with van der Waals surface area (Å²) in [6, 6.07) is 0.248. The van der Waals surface area contributed by atoms with Crippen LogP contribution >= 0.6 is 0 Å². The Bertz CT molecular complexity index is 808. The lowest BCUT2D eigenvalue weighted by molar-refractivity contribution is -0.121. The molecule has 1 atom stereocenters. The van der Waals surface area contributed by atoms with Crippen molar-refractivity contribution >= 4 is 5.91 Å². The number of carbonyl (C=O) groups is 1. The molecular weight excluding hydrogens is 332 g/mol. The Morgan fingerprint density at radius 2 is 2.12 bits per heavy atom. The van der Waals surface area contributed by atoms with Crippen LogP contribution in [0, 0.1) is 13.8 Å². The summed E-state index contributed by atoms with van der Waals surface area (Å²) in [5.41, 5.74) is 2.01. The van der Waals surface area contributed by atoms with Gasteiger partial charge >= 0.3 is 5.69 Å². The zero-order valence-corrected chi connectivity index (χ0v) is 15.6. The Morgan fingerprint density at radius 3 is 2.81 bits per heavy atom. The third kappa shape index (κ3) is 4.00. The Labute approximate surface area is 152 Å². The minimum Gasteiger partial charge on any atom is -0.346 e. The van der Waals surface area contributed by atoms with Crippen molar-refractivity contribution in [3.8, 4) is 0 Å². The molecule has 0 bridgehead atoms. The fourth-order valence-electron chi connectivity index (χ4n) is 3.77. The maximum Gasteiger partial charge on any atom is 0.345 e. The van der Waals surface area contributed by atoms with E-state index in [1.54, 1.807) is 13.3 Å². The first kappa shape index (κ1) is 18.3. The largest absolute Gasteiger partial charge is 0.346 e. The predicted octanol–water partition coefficient (Wildman–Crippen LogP) is 1.90. The number of rotatable bonds is 6. The van der Waals surface area contributed by atoms with Crippen LogP contribution in [0.2, 0.25) is 0 Å². The topological polar surface area (TPSA) is 106 Å². The molecule has 1 aliphatic carbocycles. The molecule has 2 aromatic rings. The SMILES string of the molecule is Cc1nc(=O)[nH]c(C)c1CCC(=O)NC(C)c1nncn1C1CCCC1. The van der Waals surface area contributed by atoms with E-state index in [0.29, 0.717) is 24.6 Å². The van der Waals surface area contributed by atoms with Crippen LogP contribution in [0.3, 0.4) is 0 Å². The highest BCUT2D eigenvalue weighted by molar-refractivity contribution is 5.76. The lowest BCUT2D eigenvalue weighted by Crippen LogP contribution is -2.29. The first-order valence-electron chi connectivity index (χ1n) is 9.21. The van der Waals surface area contributed by atoms with Crippen molar-refractivity contribution < 1.29 is 4.79 Å². The van der Waals surface area contributed by atoms with Crippen LogP contribution in [0.25, 0.3) is 0 Å². The highest BCUT2D eigenvalue weighted by atomic mass is 16.1. The van der Waals surface area contributed by atoms with E-state index in [1.165, 1.54) is 12.8 Å². The van der Waals surface area contributed by atoms with E-state index in [4.69, 9.17) is 0 Å². The molecule has 0 saturated heterocycles. The van der Waals surface area contributed by atoms with Gasteiger partial charge in [-0.25, -0.2) is 4.79 Å². The van der Waals surface area contributed by atoms with Gasteiger partial charge in [-0.15, -0.1) is 10.2 Å². The zero-order valence-electron chi connectivity index (χ0n) is 15.6. The van der Waals surface area contributed by atoms with Crippen LogP contribution in [0.15, 0.2) is 11.1 Å². The van der Waals surface area contributed by atoms with Crippen molar-refractivity contribution in [3.63, 3.8) is 0 Å². The van der Waals surface area contributed by atoms with Crippen LogP contribution in [-0.2, 0) is 11.2 Å².